The Hall–Kier alpha value is -0.960. The van der Waals surface area contributed by atoms with E-state index in [-0.39, 0.29) is 12.0 Å². The summed E-state index contributed by atoms with van der Waals surface area (Å²) in [4.78, 5) is 0. The third kappa shape index (κ3) is 2.10. The second kappa shape index (κ2) is 4.51. The number of likely N-dealkylation sites (N-methyl/N-ethyl adjacent to an activating group) is 1. The molecule has 0 saturated heterocycles. The molecule has 0 aliphatic carbocycles. The summed E-state index contributed by atoms with van der Waals surface area (Å²) in [5.74, 6) is -1.56. The van der Waals surface area contributed by atoms with E-state index in [9.17, 15) is 8.78 Å². The summed E-state index contributed by atoms with van der Waals surface area (Å²) in [6.07, 6.45) is 0. The van der Waals surface area contributed by atoms with Gasteiger partial charge in [-0.3, -0.25) is 0 Å². The van der Waals surface area contributed by atoms with Gasteiger partial charge in [-0.2, -0.15) is 0 Å². The second-order valence-electron chi connectivity index (χ2n) is 3.51. The molecular formula is C11H15F2N. The predicted octanol–water partition coefficient (Wildman–Crippen LogP) is 2.68. The van der Waals surface area contributed by atoms with Crippen LogP contribution in [0.1, 0.15) is 25.3 Å². The molecule has 78 valence electrons. The number of benzene rings is 1. The SMILES string of the molecule is CNC(C)C(C)c1cccc(F)c1F. The van der Waals surface area contributed by atoms with Gasteiger partial charge >= 0.3 is 0 Å². The minimum absolute atomic E-state index is 0.0456. The molecule has 0 heterocycles. The zero-order valence-corrected chi connectivity index (χ0v) is 8.64. The molecule has 0 aromatic heterocycles. The van der Waals surface area contributed by atoms with Crippen LogP contribution in [0.4, 0.5) is 8.78 Å². The lowest BCUT2D eigenvalue weighted by molar-refractivity contribution is 0.462. The van der Waals surface area contributed by atoms with Crippen molar-refractivity contribution in [2.45, 2.75) is 25.8 Å². The van der Waals surface area contributed by atoms with Crippen LogP contribution in [0, 0.1) is 11.6 Å². The molecular weight excluding hydrogens is 184 g/mol. The van der Waals surface area contributed by atoms with Crippen LogP contribution in [0.2, 0.25) is 0 Å². The maximum absolute atomic E-state index is 13.3. The summed E-state index contributed by atoms with van der Waals surface area (Å²) in [7, 11) is 1.80. The summed E-state index contributed by atoms with van der Waals surface area (Å²) in [5, 5.41) is 3.02. The number of halogens is 2. The number of hydrogen-bond donors (Lipinski definition) is 1. The molecule has 1 rings (SSSR count). The third-order valence-corrected chi connectivity index (χ3v) is 2.68. The molecule has 2 unspecified atom stereocenters. The fraction of sp³-hybridized carbons (Fsp3) is 0.455. The van der Waals surface area contributed by atoms with Crippen molar-refractivity contribution < 1.29 is 8.78 Å². The highest BCUT2D eigenvalue weighted by atomic mass is 19.2. The van der Waals surface area contributed by atoms with Crippen LogP contribution >= 0.6 is 0 Å². The first-order chi connectivity index (χ1) is 6.57. The maximum atomic E-state index is 13.3. The normalized spacial score (nSPS) is 15.2. The Labute approximate surface area is 83.1 Å². The lowest BCUT2D eigenvalue weighted by Gasteiger charge is -2.20. The van der Waals surface area contributed by atoms with E-state index < -0.39 is 11.6 Å². The Bertz CT molecular complexity index is 312. The summed E-state index contributed by atoms with van der Waals surface area (Å²) >= 11 is 0. The van der Waals surface area contributed by atoms with Gasteiger partial charge in [-0.1, -0.05) is 19.1 Å². The topological polar surface area (TPSA) is 12.0 Å². The number of hydrogen-bond acceptors (Lipinski definition) is 1. The zero-order valence-electron chi connectivity index (χ0n) is 8.64. The fourth-order valence-corrected chi connectivity index (χ4v) is 1.39. The van der Waals surface area contributed by atoms with Crippen LogP contribution in [0.25, 0.3) is 0 Å². The number of nitrogens with one attached hydrogen (secondary N) is 1. The van der Waals surface area contributed by atoms with E-state index >= 15 is 0 Å². The molecule has 1 N–H and O–H groups in total. The van der Waals surface area contributed by atoms with Gasteiger partial charge in [0.1, 0.15) is 0 Å². The molecule has 0 amide bonds. The van der Waals surface area contributed by atoms with Gasteiger partial charge in [-0.25, -0.2) is 8.78 Å². The van der Waals surface area contributed by atoms with E-state index in [1.807, 2.05) is 13.8 Å². The van der Waals surface area contributed by atoms with Crippen LogP contribution in [-0.4, -0.2) is 13.1 Å². The Morgan fingerprint density at radius 1 is 1.21 bits per heavy atom. The summed E-state index contributed by atoms with van der Waals surface area (Å²) in [6, 6.07) is 4.41. The highest BCUT2D eigenvalue weighted by molar-refractivity contribution is 5.23. The van der Waals surface area contributed by atoms with Gasteiger partial charge in [0, 0.05) is 6.04 Å². The van der Waals surface area contributed by atoms with Crippen molar-refractivity contribution in [3.8, 4) is 0 Å². The highest BCUT2D eigenvalue weighted by Crippen LogP contribution is 2.23. The summed E-state index contributed by atoms with van der Waals surface area (Å²) < 4.78 is 26.3. The summed E-state index contributed by atoms with van der Waals surface area (Å²) in [5.41, 5.74) is 0.423. The molecule has 0 aliphatic heterocycles. The van der Waals surface area contributed by atoms with Gasteiger partial charge in [-0.05, 0) is 31.5 Å². The average molecular weight is 199 g/mol. The zero-order chi connectivity index (χ0) is 10.7. The van der Waals surface area contributed by atoms with E-state index in [4.69, 9.17) is 0 Å². The highest BCUT2D eigenvalue weighted by Gasteiger charge is 2.18. The largest absolute Gasteiger partial charge is 0.317 e. The lowest BCUT2D eigenvalue weighted by Crippen LogP contribution is -2.27. The van der Waals surface area contributed by atoms with Gasteiger partial charge in [0.15, 0.2) is 11.6 Å². The maximum Gasteiger partial charge on any atom is 0.162 e. The van der Waals surface area contributed by atoms with Crippen molar-refractivity contribution in [3.05, 3.63) is 35.4 Å². The van der Waals surface area contributed by atoms with E-state index in [0.29, 0.717) is 5.56 Å². The van der Waals surface area contributed by atoms with Crippen molar-refractivity contribution in [2.24, 2.45) is 0 Å². The lowest BCUT2D eigenvalue weighted by atomic mass is 9.94. The van der Waals surface area contributed by atoms with Gasteiger partial charge < -0.3 is 5.32 Å². The first-order valence-corrected chi connectivity index (χ1v) is 4.69. The molecule has 0 saturated carbocycles. The smallest absolute Gasteiger partial charge is 0.162 e. The van der Waals surface area contributed by atoms with Crippen LogP contribution in [0.15, 0.2) is 18.2 Å². The average Bonchev–Trinajstić information content (AvgIpc) is 2.20. The molecule has 2 atom stereocenters. The van der Waals surface area contributed by atoms with Crippen LogP contribution < -0.4 is 5.32 Å². The second-order valence-corrected chi connectivity index (χ2v) is 3.51. The molecule has 0 spiro atoms. The third-order valence-electron chi connectivity index (χ3n) is 2.68. The monoisotopic (exact) mass is 199 g/mol. The molecule has 0 aliphatic rings. The molecule has 0 bridgehead atoms. The van der Waals surface area contributed by atoms with Crippen molar-refractivity contribution >= 4 is 0 Å². The Morgan fingerprint density at radius 3 is 2.43 bits per heavy atom. The Morgan fingerprint density at radius 2 is 1.86 bits per heavy atom. The van der Waals surface area contributed by atoms with Gasteiger partial charge in [0.2, 0.25) is 0 Å². The van der Waals surface area contributed by atoms with E-state index in [1.165, 1.54) is 6.07 Å². The fourth-order valence-electron chi connectivity index (χ4n) is 1.39. The molecule has 1 nitrogen and oxygen atoms in total. The predicted molar refractivity (Wildman–Crippen MR) is 53.3 cm³/mol. The summed E-state index contributed by atoms with van der Waals surface area (Å²) in [6.45, 7) is 3.81. The standard InChI is InChI=1S/C11H15F2N/c1-7(8(2)14-3)9-5-4-6-10(12)11(9)13/h4-8,14H,1-3H3. The van der Waals surface area contributed by atoms with Crippen molar-refractivity contribution in [3.63, 3.8) is 0 Å². The molecule has 0 fully saturated rings. The van der Waals surface area contributed by atoms with Gasteiger partial charge in [-0.15, -0.1) is 0 Å². The first-order valence-electron chi connectivity index (χ1n) is 4.69. The van der Waals surface area contributed by atoms with Crippen molar-refractivity contribution in [2.75, 3.05) is 7.05 Å². The van der Waals surface area contributed by atoms with Crippen LogP contribution in [0.5, 0.6) is 0 Å². The molecule has 1 aromatic rings. The molecule has 0 radical (unpaired) electrons. The van der Waals surface area contributed by atoms with E-state index in [0.717, 1.165) is 6.07 Å². The van der Waals surface area contributed by atoms with Crippen LogP contribution in [0.3, 0.4) is 0 Å². The van der Waals surface area contributed by atoms with E-state index in [1.54, 1.807) is 13.1 Å². The Kier molecular flexibility index (Phi) is 3.58. The molecule has 1 aromatic carbocycles. The minimum atomic E-state index is -0.780. The van der Waals surface area contributed by atoms with Crippen LogP contribution in [-0.2, 0) is 0 Å². The molecule has 14 heavy (non-hydrogen) atoms. The van der Waals surface area contributed by atoms with Gasteiger partial charge in [0.25, 0.3) is 0 Å². The first kappa shape index (κ1) is 11.1. The quantitative estimate of drug-likeness (QED) is 0.789. The number of rotatable bonds is 3. The Balaban J connectivity index is 3.01. The van der Waals surface area contributed by atoms with Crippen molar-refractivity contribution in [1.82, 2.24) is 5.32 Å². The van der Waals surface area contributed by atoms with E-state index in [2.05, 4.69) is 5.32 Å². The van der Waals surface area contributed by atoms with Crippen molar-refractivity contribution in [1.29, 1.82) is 0 Å². The van der Waals surface area contributed by atoms with Gasteiger partial charge in [0.05, 0.1) is 0 Å². The minimum Gasteiger partial charge on any atom is -0.317 e. The molecule has 3 heteroatoms.